The standard InChI is InChI=1S/C5H9Cl/c1-5(2)3-4-6/h5H,3H2,1-2H3. The average Bonchev–Trinajstić information content (AvgIpc) is 1.35. The molecule has 0 aliphatic heterocycles. The van der Waals surface area contributed by atoms with Crippen molar-refractivity contribution in [3.05, 3.63) is 5.88 Å². The third-order valence-electron chi connectivity index (χ3n) is 0.485. The van der Waals surface area contributed by atoms with Crippen molar-refractivity contribution in [2.75, 3.05) is 0 Å². The molecule has 0 aliphatic rings. The Hall–Kier alpha value is 0.290. The van der Waals surface area contributed by atoms with Gasteiger partial charge < -0.3 is 0 Å². The van der Waals surface area contributed by atoms with Crippen molar-refractivity contribution in [3.63, 3.8) is 0 Å². The van der Waals surface area contributed by atoms with Crippen LogP contribution in [0.3, 0.4) is 0 Å². The van der Waals surface area contributed by atoms with Crippen LogP contribution in [0.25, 0.3) is 0 Å². The number of halogens is 1. The molecule has 0 nitrogen and oxygen atoms in total. The lowest BCUT2D eigenvalue weighted by molar-refractivity contribution is 0.654. The van der Waals surface area contributed by atoms with Gasteiger partial charge in [-0.15, -0.1) is 11.6 Å². The normalized spacial score (nSPS) is 10.0. The zero-order valence-corrected chi connectivity index (χ0v) is 4.92. The first-order chi connectivity index (χ1) is 2.77. The van der Waals surface area contributed by atoms with Gasteiger partial charge in [0.1, 0.15) is 0 Å². The van der Waals surface area contributed by atoms with E-state index in [4.69, 9.17) is 11.6 Å². The van der Waals surface area contributed by atoms with Gasteiger partial charge in [-0.3, -0.25) is 0 Å². The minimum atomic E-state index is 0.655. The Bertz CT molecular complexity index is 25.1. The Morgan fingerprint density at radius 3 is 2.17 bits per heavy atom. The van der Waals surface area contributed by atoms with E-state index < -0.39 is 0 Å². The van der Waals surface area contributed by atoms with Gasteiger partial charge in [0.25, 0.3) is 0 Å². The lowest BCUT2D eigenvalue weighted by Gasteiger charge is -1.93. The number of hydrogen-bond donors (Lipinski definition) is 0. The second kappa shape index (κ2) is 3.48. The van der Waals surface area contributed by atoms with Crippen LogP contribution in [0.2, 0.25) is 0 Å². The van der Waals surface area contributed by atoms with E-state index in [-0.39, 0.29) is 0 Å². The molecule has 0 N–H and O–H groups in total. The molecular weight excluding hydrogens is 95.5 g/mol. The summed E-state index contributed by atoms with van der Waals surface area (Å²) >= 11 is 5.15. The zero-order valence-electron chi connectivity index (χ0n) is 4.16. The highest BCUT2D eigenvalue weighted by atomic mass is 35.5. The summed E-state index contributed by atoms with van der Waals surface area (Å²) in [5, 5.41) is 0. The van der Waals surface area contributed by atoms with Gasteiger partial charge >= 0.3 is 0 Å². The van der Waals surface area contributed by atoms with Crippen LogP contribution in [-0.4, -0.2) is 0 Å². The second-order valence-corrected chi connectivity index (χ2v) is 2.00. The Morgan fingerprint density at radius 1 is 1.67 bits per heavy atom. The summed E-state index contributed by atoms with van der Waals surface area (Å²) in [6.45, 7) is 4.21. The molecule has 6 heavy (non-hydrogen) atoms. The molecule has 0 rings (SSSR count). The van der Waals surface area contributed by atoms with Crippen molar-refractivity contribution in [2.45, 2.75) is 20.3 Å². The van der Waals surface area contributed by atoms with Crippen molar-refractivity contribution in [2.24, 2.45) is 5.92 Å². The summed E-state index contributed by atoms with van der Waals surface area (Å²) in [7, 11) is 0. The molecule has 0 unspecified atom stereocenters. The van der Waals surface area contributed by atoms with Crippen LogP contribution in [0.1, 0.15) is 20.3 Å². The van der Waals surface area contributed by atoms with E-state index in [2.05, 4.69) is 19.7 Å². The van der Waals surface area contributed by atoms with E-state index in [1.807, 2.05) is 0 Å². The van der Waals surface area contributed by atoms with Crippen LogP contribution in [0.15, 0.2) is 0 Å². The van der Waals surface area contributed by atoms with Gasteiger partial charge in [-0.25, -0.2) is 0 Å². The van der Waals surface area contributed by atoms with Crippen LogP contribution < -0.4 is 0 Å². The third-order valence-corrected chi connectivity index (χ3v) is 0.640. The minimum absolute atomic E-state index is 0.655. The zero-order chi connectivity index (χ0) is 4.99. The van der Waals surface area contributed by atoms with Crippen LogP contribution >= 0.6 is 11.6 Å². The van der Waals surface area contributed by atoms with Crippen molar-refractivity contribution < 1.29 is 0 Å². The van der Waals surface area contributed by atoms with Gasteiger partial charge in [0.2, 0.25) is 0 Å². The predicted molar refractivity (Wildman–Crippen MR) is 28.6 cm³/mol. The van der Waals surface area contributed by atoms with E-state index in [1.165, 1.54) is 0 Å². The van der Waals surface area contributed by atoms with Gasteiger partial charge in [0.15, 0.2) is 0 Å². The fourth-order valence-electron chi connectivity index (χ4n) is 0.154. The summed E-state index contributed by atoms with van der Waals surface area (Å²) in [6.07, 6.45) is 0.890. The van der Waals surface area contributed by atoms with E-state index in [1.54, 1.807) is 0 Å². The SMILES string of the molecule is CC(C)C[C]Cl. The first-order valence-electron chi connectivity index (χ1n) is 2.11. The molecule has 1 heteroatoms. The van der Waals surface area contributed by atoms with Crippen molar-refractivity contribution in [3.8, 4) is 0 Å². The first-order valence-corrected chi connectivity index (χ1v) is 2.48. The molecule has 0 bridgehead atoms. The molecule has 0 atom stereocenters. The molecule has 0 fully saturated rings. The first kappa shape index (κ1) is 6.29. The van der Waals surface area contributed by atoms with E-state index in [0.717, 1.165) is 6.42 Å². The van der Waals surface area contributed by atoms with Gasteiger partial charge in [-0.2, -0.15) is 0 Å². The Kier molecular flexibility index (Phi) is 3.65. The lowest BCUT2D eigenvalue weighted by atomic mass is 10.2. The molecule has 0 heterocycles. The maximum atomic E-state index is 5.15. The summed E-state index contributed by atoms with van der Waals surface area (Å²) in [5.74, 6) is 3.19. The smallest absolute Gasteiger partial charge is 0.0867 e. The lowest BCUT2D eigenvalue weighted by Crippen LogP contribution is -1.81. The second-order valence-electron chi connectivity index (χ2n) is 1.73. The van der Waals surface area contributed by atoms with Crippen LogP contribution in [0.5, 0.6) is 0 Å². The maximum absolute atomic E-state index is 5.15. The summed E-state index contributed by atoms with van der Waals surface area (Å²) in [6, 6.07) is 0. The largest absolute Gasteiger partial charge is 0.115 e. The Morgan fingerprint density at radius 2 is 2.17 bits per heavy atom. The quantitative estimate of drug-likeness (QED) is 0.504. The topological polar surface area (TPSA) is 0 Å². The summed E-state index contributed by atoms with van der Waals surface area (Å²) in [4.78, 5) is 0. The maximum Gasteiger partial charge on any atom is 0.0867 e. The molecular formula is C5H9Cl. The van der Waals surface area contributed by atoms with Gasteiger partial charge in [-0.05, 0) is 12.3 Å². The number of hydrogen-bond acceptors (Lipinski definition) is 0. The average molecular weight is 105 g/mol. The molecule has 0 aromatic carbocycles. The number of rotatable bonds is 2. The van der Waals surface area contributed by atoms with E-state index in [9.17, 15) is 0 Å². The summed E-state index contributed by atoms with van der Waals surface area (Å²) < 4.78 is 0. The van der Waals surface area contributed by atoms with Gasteiger partial charge in [-0.1, -0.05) is 13.8 Å². The van der Waals surface area contributed by atoms with Crippen molar-refractivity contribution >= 4 is 11.6 Å². The predicted octanol–water partition coefficient (Wildman–Crippen LogP) is 2.31. The minimum Gasteiger partial charge on any atom is -0.115 e. The van der Waals surface area contributed by atoms with E-state index in [0.29, 0.717) is 5.92 Å². The Balaban J connectivity index is 2.63. The van der Waals surface area contributed by atoms with Crippen LogP contribution in [0, 0.1) is 11.8 Å². The van der Waals surface area contributed by atoms with E-state index >= 15 is 0 Å². The molecule has 0 amide bonds. The van der Waals surface area contributed by atoms with Gasteiger partial charge in [0.05, 0.1) is 5.88 Å². The molecule has 0 aliphatic carbocycles. The molecule has 0 aromatic heterocycles. The highest BCUT2D eigenvalue weighted by Gasteiger charge is 1.88. The molecule has 0 spiro atoms. The molecule has 36 valence electrons. The van der Waals surface area contributed by atoms with Crippen LogP contribution in [-0.2, 0) is 0 Å². The van der Waals surface area contributed by atoms with Crippen molar-refractivity contribution in [1.29, 1.82) is 0 Å². The molecule has 0 aromatic rings. The fraction of sp³-hybridized carbons (Fsp3) is 0.800. The third kappa shape index (κ3) is 4.29. The Labute approximate surface area is 44.5 Å². The molecule has 0 saturated carbocycles. The van der Waals surface area contributed by atoms with Crippen molar-refractivity contribution in [1.82, 2.24) is 0 Å². The highest BCUT2D eigenvalue weighted by Crippen LogP contribution is 2.03. The molecule has 0 saturated heterocycles. The van der Waals surface area contributed by atoms with Gasteiger partial charge in [0, 0.05) is 0 Å². The van der Waals surface area contributed by atoms with Crippen LogP contribution in [0.4, 0.5) is 0 Å². The molecule has 2 radical (unpaired) electrons. The monoisotopic (exact) mass is 104 g/mol. The summed E-state index contributed by atoms with van der Waals surface area (Å²) in [5.41, 5.74) is 0. The fourth-order valence-corrected chi connectivity index (χ4v) is 0.463. The highest BCUT2D eigenvalue weighted by molar-refractivity contribution is 6.23.